The van der Waals surface area contributed by atoms with E-state index in [1.165, 1.54) is 23.1 Å². The van der Waals surface area contributed by atoms with Crippen molar-refractivity contribution in [3.63, 3.8) is 0 Å². The molecule has 31 heavy (non-hydrogen) atoms. The van der Waals surface area contributed by atoms with E-state index in [0.29, 0.717) is 10.2 Å². The van der Waals surface area contributed by atoms with Gasteiger partial charge in [0, 0.05) is 16.6 Å². The summed E-state index contributed by atoms with van der Waals surface area (Å²) in [6, 6.07) is 11.1. The van der Waals surface area contributed by atoms with Gasteiger partial charge in [-0.3, -0.25) is 19.5 Å². The molecule has 0 saturated heterocycles. The lowest BCUT2D eigenvalue weighted by molar-refractivity contribution is -0.384. The number of methoxy groups -OCH3 is 1. The van der Waals surface area contributed by atoms with Crippen molar-refractivity contribution in [3.8, 4) is 5.75 Å². The fourth-order valence-corrected chi connectivity index (χ4v) is 4.82. The van der Waals surface area contributed by atoms with Crippen molar-refractivity contribution < 1.29 is 28.1 Å². The molecule has 0 aliphatic heterocycles. The molecule has 1 amide bonds. The van der Waals surface area contributed by atoms with Crippen molar-refractivity contribution in [2.24, 2.45) is 0 Å². The number of halogens is 1. The van der Waals surface area contributed by atoms with Crippen LogP contribution in [0.2, 0.25) is 0 Å². The topological polar surface area (TPSA) is 108 Å². The molecule has 0 aliphatic carbocycles. The molecular formula is C20H24BrN2O7P. The van der Waals surface area contributed by atoms with Crippen LogP contribution in [0.1, 0.15) is 19.4 Å². The number of non-ortho nitro benzene ring substituents is 1. The van der Waals surface area contributed by atoms with Gasteiger partial charge < -0.3 is 18.7 Å². The number of hydrogen-bond donors (Lipinski definition) is 0. The number of amides is 1. The molecule has 0 saturated carbocycles. The number of rotatable bonds is 11. The van der Waals surface area contributed by atoms with E-state index in [4.69, 9.17) is 13.8 Å². The van der Waals surface area contributed by atoms with Crippen LogP contribution in [-0.2, 0) is 25.0 Å². The average molecular weight is 515 g/mol. The Balaban J connectivity index is 2.46. The molecule has 0 atom stereocenters. The first-order valence-corrected chi connectivity index (χ1v) is 12.0. The molecule has 0 bridgehead atoms. The summed E-state index contributed by atoms with van der Waals surface area (Å²) in [4.78, 5) is 25.3. The highest BCUT2D eigenvalue weighted by Gasteiger charge is 2.32. The Kier molecular flexibility index (Phi) is 9.18. The second kappa shape index (κ2) is 11.4. The van der Waals surface area contributed by atoms with Crippen LogP contribution in [0.25, 0.3) is 0 Å². The Hall–Kier alpha value is -2.26. The molecule has 11 heteroatoms. The first kappa shape index (κ1) is 25.0. The van der Waals surface area contributed by atoms with Crippen molar-refractivity contribution in [2.45, 2.75) is 20.4 Å². The summed E-state index contributed by atoms with van der Waals surface area (Å²) in [5, 5.41) is 11.3. The third-order valence-corrected chi connectivity index (χ3v) is 6.84. The number of carbonyl (C=O) groups is 1. The molecule has 0 heterocycles. The van der Waals surface area contributed by atoms with Crippen LogP contribution in [0.5, 0.6) is 5.75 Å². The van der Waals surface area contributed by atoms with Gasteiger partial charge in [-0.25, -0.2) is 0 Å². The first-order chi connectivity index (χ1) is 14.7. The largest absolute Gasteiger partial charge is 0.497 e. The van der Waals surface area contributed by atoms with Gasteiger partial charge in [0.15, 0.2) is 0 Å². The van der Waals surface area contributed by atoms with Crippen molar-refractivity contribution in [2.75, 3.05) is 31.4 Å². The Morgan fingerprint density at radius 1 is 1.13 bits per heavy atom. The average Bonchev–Trinajstić information content (AvgIpc) is 2.73. The minimum atomic E-state index is -3.67. The molecule has 0 spiro atoms. The zero-order valence-electron chi connectivity index (χ0n) is 17.4. The van der Waals surface area contributed by atoms with Crippen molar-refractivity contribution in [1.82, 2.24) is 0 Å². The van der Waals surface area contributed by atoms with Gasteiger partial charge in [-0.15, -0.1) is 0 Å². The summed E-state index contributed by atoms with van der Waals surface area (Å²) in [7, 11) is -2.13. The van der Waals surface area contributed by atoms with Crippen LogP contribution in [0.15, 0.2) is 46.9 Å². The van der Waals surface area contributed by atoms with Crippen LogP contribution < -0.4 is 9.64 Å². The Bertz CT molecular complexity index is 959. The molecule has 0 unspecified atom stereocenters. The molecule has 168 valence electrons. The van der Waals surface area contributed by atoms with E-state index in [1.807, 2.05) is 0 Å². The van der Waals surface area contributed by atoms with E-state index in [9.17, 15) is 19.5 Å². The molecule has 0 N–H and O–H groups in total. The van der Waals surface area contributed by atoms with Gasteiger partial charge in [-0.2, -0.15) is 0 Å². The molecular weight excluding hydrogens is 491 g/mol. The van der Waals surface area contributed by atoms with Gasteiger partial charge in [0.25, 0.3) is 5.69 Å². The number of carbonyl (C=O) groups excluding carboxylic acids is 1. The summed E-state index contributed by atoms with van der Waals surface area (Å²) in [6.45, 7) is 3.62. The highest BCUT2D eigenvalue weighted by Crippen LogP contribution is 2.48. The lowest BCUT2D eigenvalue weighted by Gasteiger charge is -2.26. The lowest BCUT2D eigenvalue weighted by atomic mass is 10.1. The lowest BCUT2D eigenvalue weighted by Crippen LogP contribution is -2.33. The van der Waals surface area contributed by atoms with Gasteiger partial charge >= 0.3 is 7.60 Å². The minimum Gasteiger partial charge on any atom is -0.497 e. The van der Waals surface area contributed by atoms with Crippen molar-refractivity contribution >= 4 is 40.8 Å². The predicted molar refractivity (Wildman–Crippen MR) is 121 cm³/mol. The zero-order valence-corrected chi connectivity index (χ0v) is 19.9. The molecule has 0 fully saturated rings. The van der Waals surface area contributed by atoms with E-state index < -0.39 is 24.6 Å². The maximum atomic E-state index is 13.2. The Morgan fingerprint density at radius 2 is 1.74 bits per heavy atom. The van der Waals surface area contributed by atoms with Crippen molar-refractivity contribution in [3.05, 3.63) is 62.6 Å². The van der Waals surface area contributed by atoms with Gasteiger partial charge in [0.05, 0.1) is 37.5 Å². The normalized spacial score (nSPS) is 11.2. The van der Waals surface area contributed by atoms with Crippen LogP contribution in [0.3, 0.4) is 0 Å². The summed E-state index contributed by atoms with van der Waals surface area (Å²) in [5.41, 5.74) is 0.841. The second-order valence-electron chi connectivity index (χ2n) is 6.33. The maximum absolute atomic E-state index is 13.2. The maximum Gasteiger partial charge on any atom is 0.340 e. The van der Waals surface area contributed by atoms with Crippen LogP contribution in [0, 0.1) is 10.1 Å². The van der Waals surface area contributed by atoms with E-state index >= 15 is 0 Å². The number of benzene rings is 2. The fraction of sp³-hybridized carbons (Fsp3) is 0.350. The smallest absolute Gasteiger partial charge is 0.340 e. The zero-order chi connectivity index (χ0) is 23.0. The highest BCUT2D eigenvalue weighted by molar-refractivity contribution is 9.10. The van der Waals surface area contributed by atoms with E-state index in [0.717, 1.165) is 5.56 Å². The molecule has 2 rings (SSSR count). The standard InChI is InChI=1S/C20H24BrN2O7P/c1-4-29-31(27,30-5-2)14-20(24)22(13-15-6-9-17(28-3)10-7-15)19-12-16(23(25)26)8-11-18(19)21/h6-12H,4-5,13-14H2,1-3H3. The molecule has 0 aliphatic rings. The summed E-state index contributed by atoms with van der Waals surface area (Å²) < 4.78 is 29.1. The number of hydrogen-bond acceptors (Lipinski definition) is 7. The summed E-state index contributed by atoms with van der Waals surface area (Å²) in [6.07, 6.45) is -0.500. The third kappa shape index (κ3) is 6.87. The van der Waals surface area contributed by atoms with Gasteiger partial charge in [0.1, 0.15) is 11.9 Å². The Labute approximate surface area is 189 Å². The third-order valence-electron chi connectivity index (χ3n) is 4.21. The van der Waals surface area contributed by atoms with E-state index in [1.54, 1.807) is 45.2 Å². The van der Waals surface area contributed by atoms with Crippen LogP contribution >= 0.6 is 23.5 Å². The SMILES string of the molecule is CCOP(=O)(CC(=O)N(Cc1ccc(OC)cc1)c1cc([N+](=O)[O-])ccc1Br)OCC. The van der Waals surface area contributed by atoms with E-state index in [2.05, 4.69) is 15.9 Å². The number of nitrogens with zero attached hydrogens (tertiary/aromatic N) is 2. The second-order valence-corrected chi connectivity index (χ2v) is 9.23. The Morgan fingerprint density at radius 3 is 2.26 bits per heavy atom. The minimum absolute atomic E-state index is 0.0842. The molecule has 0 radical (unpaired) electrons. The number of ether oxygens (including phenoxy) is 1. The number of nitro groups is 1. The molecule has 9 nitrogen and oxygen atoms in total. The number of nitro benzene ring substituents is 1. The fourth-order valence-electron chi connectivity index (χ4n) is 2.82. The van der Waals surface area contributed by atoms with Gasteiger partial charge in [-0.1, -0.05) is 12.1 Å². The first-order valence-electron chi connectivity index (χ1n) is 9.48. The van der Waals surface area contributed by atoms with E-state index in [-0.39, 0.29) is 31.1 Å². The van der Waals surface area contributed by atoms with Crippen LogP contribution in [-0.4, -0.2) is 37.3 Å². The summed E-state index contributed by atoms with van der Waals surface area (Å²) in [5.74, 6) is 0.0950. The van der Waals surface area contributed by atoms with Crippen molar-refractivity contribution in [1.29, 1.82) is 0 Å². The highest BCUT2D eigenvalue weighted by atomic mass is 79.9. The molecule has 0 aromatic heterocycles. The van der Waals surface area contributed by atoms with Crippen LogP contribution in [0.4, 0.5) is 11.4 Å². The monoisotopic (exact) mass is 514 g/mol. The number of anilines is 1. The van der Waals surface area contributed by atoms with Gasteiger partial charge in [0.2, 0.25) is 5.91 Å². The van der Waals surface area contributed by atoms with Gasteiger partial charge in [-0.05, 0) is 53.5 Å². The quantitative estimate of drug-likeness (QED) is 0.231. The predicted octanol–water partition coefficient (Wildman–Crippen LogP) is 5.17. The molecule has 2 aromatic carbocycles. The summed E-state index contributed by atoms with van der Waals surface area (Å²) >= 11 is 3.36. The molecule has 2 aromatic rings.